The van der Waals surface area contributed by atoms with E-state index in [-0.39, 0.29) is 11.5 Å². The zero-order chi connectivity index (χ0) is 13.2. The van der Waals surface area contributed by atoms with Gasteiger partial charge in [-0.25, -0.2) is 0 Å². The lowest BCUT2D eigenvalue weighted by Gasteiger charge is -2.31. The predicted octanol–water partition coefficient (Wildman–Crippen LogP) is 2.12. The monoisotopic (exact) mass is 270 g/mol. The van der Waals surface area contributed by atoms with Crippen LogP contribution in [0.1, 0.15) is 39.5 Å². The van der Waals surface area contributed by atoms with E-state index >= 15 is 0 Å². The van der Waals surface area contributed by atoms with Crippen molar-refractivity contribution in [2.24, 2.45) is 5.41 Å². The summed E-state index contributed by atoms with van der Waals surface area (Å²) in [7, 11) is 1.91. The fourth-order valence-electron chi connectivity index (χ4n) is 3.01. The molecular formula is C14H26N2OS. The lowest BCUT2D eigenvalue weighted by atomic mass is 9.87. The van der Waals surface area contributed by atoms with Crippen molar-refractivity contribution < 1.29 is 4.79 Å². The molecule has 0 spiro atoms. The van der Waals surface area contributed by atoms with E-state index in [4.69, 9.17) is 0 Å². The van der Waals surface area contributed by atoms with Crippen LogP contribution in [0.3, 0.4) is 0 Å². The maximum absolute atomic E-state index is 12.5. The molecule has 0 bridgehead atoms. The van der Waals surface area contributed by atoms with Crippen molar-refractivity contribution in [1.82, 2.24) is 10.2 Å². The third-order valence-corrected chi connectivity index (χ3v) is 5.52. The Balaban J connectivity index is 2.05. The summed E-state index contributed by atoms with van der Waals surface area (Å²) in [6.45, 7) is 6.44. The van der Waals surface area contributed by atoms with Crippen LogP contribution in [0.15, 0.2) is 0 Å². The molecule has 0 aromatic carbocycles. The molecule has 4 heteroatoms. The van der Waals surface area contributed by atoms with Crippen LogP contribution >= 0.6 is 11.8 Å². The van der Waals surface area contributed by atoms with E-state index in [1.54, 1.807) is 0 Å². The second-order valence-corrected chi connectivity index (χ2v) is 7.81. The molecule has 1 amide bonds. The number of likely N-dealkylation sites (N-methyl/N-ethyl adjacent to an activating group) is 1. The summed E-state index contributed by atoms with van der Waals surface area (Å²) in [5.41, 5.74) is 0.254. The van der Waals surface area contributed by atoms with Crippen LogP contribution in [0, 0.1) is 5.41 Å². The summed E-state index contributed by atoms with van der Waals surface area (Å²) in [6, 6.07) is 0.0261. The molecule has 2 rings (SSSR count). The van der Waals surface area contributed by atoms with E-state index in [1.807, 2.05) is 18.8 Å². The van der Waals surface area contributed by atoms with Gasteiger partial charge in [-0.3, -0.25) is 4.79 Å². The van der Waals surface area contributed by atoms with Crippen LogP contribution in [0.25, 0.3) is 0 Å². The molecule has 1 N–H and O–H groups in total. The first kappa shape index (κ1) is 14.2. The molecule has 3 nitrogen and oxygen atoms in total. The fraction of sp³-hybridized carbons (Fsp3) is 0.929. The molecule has 104 valence electrons. The maximum Gasteiger partial charge on any atom is 0.239 e. The third kappa shape index (κ3) is 3.41. The number of hydrogen-bond donors (Lipinski definition) is 1. The Morgan fingerprint density at radius 3 is 2.83 bits per heavy atom. The minimum atomic E-state index is 0.0261. The number of amides is 1. The van der Waals surface area contributed by atoms with Crippen molar-refractivity contribution in [2.75, 3.05) is 25.9 Å². The van der Waals surface area contributed by atoms with Crippen molar-refractivity contribution in [3.63, 3.8) is 0 Å². The molecule has 0 radical (unpaired) electrons. The van der Waals surface area contributed by atoms with Gasteiger partial charge in [-0.05, 0) is 43.9 Å². The number of carbonyl (C=O) groups is 1. The summed E-state index contributed by atoms with van der Waals surface area (Å²) in [5.74, 6) is 1.58. The van der Waals surface area contributed by atoms with Gasteiger partial charge in [0.25, 0.3) is 0 Å². The standard InChI is InChI=1S/C14H26N2OS/c1-14(2)7-6-12(15-3)13(17)16(10-14)9-11-5-4-8-18-11/h11-12,15H,4-10H2,1-3H3. The van der Waals surface area contributed by atoms with Gasteiger partial charge in [0.2, 0.25) is 5.91 Å². The zero-order valence-corrected chi connectivity index (χ0v) is 12.7. The molecule has 0 aromatic rings. The van der Waals surface area contributed by atoms with Crippen LogP contribution < -0.4 is 5.32 Å². The lowest BCUT2D eigenvalue weighted by Crippen LogP contribution is -2.47. The number of thioether (sulfide) groups is 1. The molecule has 0 saturated carbocycles. The number of nitrogens with one attached hydrogen (secondary N) is 1. The second-order valence-electron chi connectivity index (χ2n) is 6.40. The lowest BCUT2D eigenvalue weighted by molar-refractivity contribution is -0.133. The highest BCUT2D eigenvalue weighted by Gasteiger charge is 2.35. The van der Waals surface area contributed by atoms with Gasteiger partial charge in [0, 0.05) is 18.3 Å². The molecule has 2 saturated heterocycles. The third-order valence-electron chi connectivity index (χ3n) is 4.13. The van der Waals surface area contributed by atoms with Gasteiger partial charge >= 0.3 is 0 Å². The smallest absolute Gasteiger partial charge is 0.239 e. The first-order chi connectivity index (χ1) is 8.52. The quantitative estimate of drug-likeness (QED) is 0.852. The molecule has 0 aromatic heterocycles. The molecule has 2 atom stereocenters. The van der Waals surface area contributed by atoms with Crippen LogP contribution in [0.4, 0.5) is 0 Å². The van der Waals surface area contributed by atoms with E-state index in [0.717, 1.165) is 25.9 Å². The molecule has 2 unspecified atom stereocenters. The molecule has 2 aliphatic rings. The molecule has 2 aliphatic heterocycles. The molecule has 18 heavy (non-hydrogen) atoms. The van der Waals surface area contributed by atoms with E-state index in [1.165, 1.54) is 18.6 Å². The fourth-order valence-corrected chi connectivity index (χ4v) is 4.29. The average molecular weight is 270 g/mol. The molecule has 2 fully saturated rings. The van der Waals surface area contributed by atoms with Crippen molar-refractivity contribution in [3.8, 4) is 0 Å². The first-order valence-electron chi connectivity index (χ1n) is 7.09. The highest BCUT2D eigenvalue weighted by atomic mass is 32.2. The number of carbonyl (C=O) groups excluding carboxylic acids is 1. The second kappa shape index (κ2) is 5.83. The summed E-state index contributed by atoms with van der Waals surface area (Å²) >= 11 is 2.04. The minimum Gasteiger partial charge on any atom is -0.340 e. The van der Waals surface area contributed by atoms with Gasteiger partial charge in [-0.1, -0.05) is 13.8 Å². The van der Waals surface area contributed by atoms with Gasteiger partial charge in [0.1, 0.15) is 0 Å². The minimum absolute atomic E-state index is 0.0261. The van der Waals surface area contributed by atoms with Crippen molar-refractivity contribution >= 4 is 17.7 Å². The average Bonchev–Trinajstić information content (AvgIpc) is 2.77. The van der Waals surface area contributed by atoms with E-state index in [0.29, 0.717) is 11.2 Å². The normalized spacial score (nSPS) is 32.6. The van der Waals surface area contributed by atoms with Crippen molar-refractivity contribution in [2.45, 2.75) is 50.8 Å². The van der Waals surface area contributed by atoms with Gasteiger partial charge in [-0.2, -0.15) is 11.8 Å². The highest BCUT2D eigenvalue weighted by molar-refractivity contribution is 8.00. The Morgan fingerprint density at radius 2 is 2.22 bits per heavy atom. The summed E-state index contributed by atoms with van der Waals surface area (Å²) in [4.78, 5) is 14.6. The van der Waals surface area contributed by atoms with E-state index in [2.05, 4.69) is 24.1 Å². The van der Waals surface area contributed by atoms with E-state index < -0.39 is 0 Å². The number of likely N-dealkylation sites (tertiary alicyclic amines) is 1. The van der Waals surface area contributed by atoms with Gasteiger partial charge in [0.15, 0.2) is 0 Å². The zero-order valence-electron chi connectivity index (χ0n) is 11.9. The van der Waals surface area contributed by atoms with Gasteiger partial charge in [-0.15, -0.1) is 0 Å². The molecular weight excluding hydrogens is 244 g/mol. The Kier molecular flexibility index (Phi) is 4.59. The SMILES string of the molecule is CNC1CCC(C)(C)CN(CC2CCCS2)C1=O. The topological polar surface area (TPSA) is 32.3 Å². The Bertz CT molecular complexity index is 300. The highest BCUT2D eigenvalue weighted by Crippen LogP contribution is 2.32. The van der Waals surface area contributed by atoms with Crippen molar-refractivity contribution in [1.29, 1.82) is 0 Å². The Morgan fingerprint density at radius 1 is 1.44 bits per heavy atom. The predicted molar refractivity (Wildman–Crippen MR) is 77.9 cm³/mol. The molecule has 2 heterocycles. The summed E-state index contributed by atoms with van der Waals surface area (Å²) in [6.07, 6.45) is 4.69. The van der Waals surface area contributed by atoms with Crippen LogP contribution in [-0.4, -0.2) is 48.0 Å². The van der Waals surface area contributed by atoms with Crippen LogP contribution in [-0.2, 0) is 4.79 Å². The molecule has 0 aliphatic carbocycles. The van der Waals surface area contributed by atoms with Gasteiger partial charge < -0.3 is 10.2 Å². The van der Waals surface area contributed by atoms with Gasteiger partial charge in [0.05, 0.1) is 6.04 Å². The first-order valence-corrected chi connectivity index (χ1v) is 8.14. The maximum atomic E-state index is 12.5. The number of hydrogen-bond acceptors (Lipinski definition) is 3. The van der Waals surface area contributed by atoms with E-state index in [9.17, 15) is 4.79 Å². The number of nitrogens with zero attached hydrogens (tertiary/aromatic N) is 1. The number of rotatable bonds is 3. The Labute approximate surface area is 115 Å². The van der Waals surface area contributed by atoms with Crippen LogP contribution in [0.5, 0.6) is 0 Å². The van der Waals surface area contributed by atoms with Crippen LogP contribution in [0.2, 0.25) is 0 Å². The summed E-state index contributed by atoms with van der Waals surface area (Å²) < 4.78 is 0. The van der Waals surface area contributed by atoms with Crippen molar-refractivity contribution in [3.05, 3.63) is 0 Å². The largest absolute Gasteiger partial charge is 0.340 e. The Hall–Kier alpha value is -0.220. The summed E-state index contributed by atoms with van der Waals surface area (Å²) in [5, 5.41) is 3.86.